The van der Waals surface area contributed by atoms with Crippen LogP contribution in [0.15, 0.2) is 46.9 Å². The number of hydrogen-bond acceptors (Lipinski definition) is 2. The number of carbonyl (C=O) groups is 1. The van der Waals surface area contributed by atoms with Crippen molar-refractivity contribution in [1.29, 1.82) is 0 Å². The van der Waals surface area contributed by atoms with Crippen LogP contribution in [0, 0.1) is 12.7 Å². The first-order chi connectivity index (χ1) is 10.1. The third-order valence-electron chi connectivity index (χ3n) is 3.58. The molecule has 0 atom stereocenters. The van der Waals surface area contributed by atoms with Crippen LogP contribution in [0.2, 0.25) is 0 Å². The van der Waals surface area contributed by atoms with Gasteiger partial charge in [0, 0.05) is 11.8 Å². The second-order valence-corrected chi connectivity index (χ2v) is 5.06. The molecule has 3 heteroatoms. The number of rotatable bonds is 3. The lowest BCUT2D eigenvalue weighted by Crippen LogP contribution is -2.06. The first kappa shape index (κ1) is 13.6. The van der Waals surface area contributed by atoms with E-state index in [0.717, 1.165) is 10.9 Å². The Morgan fingerprint density at radius 3 is 2.71 bits per heavy atom. The van der Waals surface area contributed by atoms with Gasteiger partial charge in [0.1, 0.15) is 17.2 Å². The molecule has 2 aromatic carbocycles. The molecule has 3 rings (SSSR count). The summed E-state index contributed by atoms with van der Waals surface area (Å²) in [5, 5.41) is 0.736. The zero-order valence-corrected chi connectivity index (χ0v) is 11.9. The van der Waals surface area contributed by atoms with Crippen molar-refractivity contribution in [3.63, 3.8) is 0 Å². The van der Waals surface area contributed by atoms with E-state index in [1.165, 1.54) is 6.07 Å². The van der Waals surface area contributed by atoms with Crippen molar-refractivity contribution in [3.05, 3.63) is 70.7 Å². The highest BCUT2D eigenvalue weighted by Crippen LogP contribution is 2.29. The maximum Gasteiger partial charge on any atom is 0.200 e. The summed E-state index contributed by atoms with van der Waals surface area (Å²) in [6.45, 7) is 3.76. The molecule has 0 radical (unpaired) electrons. The molecule has 0 bridgehead atoms. The Morgan fingerprint density at radius 1 is 1.19 bits per heavy atom. The van der Waals surface area contributed by atoms with Crippen molar-refractivity contribution < 1.29 is 13.6 Å². The van der Waals surface area contributed by atoms with Crippen LogP contribution in [0.1, 0.15) is 34.2 Å². The monoisotopic (exact) mass is 282 g/mol. The van der Waals surface area contributed by atoms with E-state index in [-0.39, 0.29) is 11.3 Å². The van der Waals surface area contributed by atoms with Crippen LogP contribution in [-0.2, 0) is 6.42 Å². The number of benzene rings is 2. The van der Waals surface area contributed by atoms with Gasteiger partial charge < -0.3 is 4.42 Å². The molecule has 0 fully saturated rings. The Morgan fingerprint density at radius 2 is 1.95 bits per heavy atom. The van der Waals surface area contributed by atoms with E-state index in [1.54, 1.807) is 12.1 Å². The van der Waals surface area contributed by atoms with Gasteiger partial charge in [-0.05, 0) is 25.1 Å². The molecule has 0 N–H and O–H groups in total. The highest BCUT2D eigenvalue weighted by atomic mass is 19.1. The van der Waals surface area contributed by atoms with E-state index in [9.17, 15) is 9.18 Å². The lowest BCUT2D eigenvalue weighted by Gasteiger charge is -2.04. The zero-order chi connectivity index (χ0) is 15.0. The quantitative estimate of drug-likeness (QED) is 0.653. The smallest absolute Gasteiger partial charge is 0.200 e. The molecule has 2 nitrogen and oxygen atoms in total. The van der Waals surface area contributed by atoms with Crippen molar-refractivity contribution in [2.75, 3.05) is 0 Å². The molecule has 106 valence electrons. The molecule has 0 aliphatic rings. The number of halogens is 1. The van der Waals surface area contributed by atoms with Gasteiger partial charge in [0.15, 0.2) is 5.78 Å². The number of para-hydroxylation sites is 1. The Bertz CT molecular complexity index is 830. The van der Waals surface area contributed by atoms with Crippen LogP contribution in [-0.4, -0.2) is 5.78 Å². The molecule has 0 aliphatic carbocycles. The van der Waals surface area contributed by atoms with Crippen LogP contribution in [0.3, 0.4) is 0 Å². The minimum atomic E-state index is -0.502. The van der Waals surface area contributed by atoms with Gasteiger partial charge >= 0.3 is 0 Å². The standard InChI is InChI=1S/C18H15FO2/c1-3-15-17(12-6-4-5-7-16(12)21-15)18(20)13-10-11(2)8-9-14(13)19/h4-10H,3H2,1-2H3. The molecule has 1 heterocycles. The lowest BCUT2D eigenvalue weighted by molar-refractivity contribution is 0.103. The Hall–Kier alpha value is -2.42. The van der Waals surface area contributed by atoms with Gasteiger partial charge in [0.25, 0.3) is 0 Å². The van der Waals surface area contributed by atoms with Gasteiger partial charge in [0.2, 0.25) is 0 Å². The summed E-state index contributed by atoms with van der Waals surface area (Å²) in [4.78, 5) is 12.8. The fourth-order valence-corrected chi connectivity index (χ4v) is 2.54. The van der Waals surface area contributed by atoms with Gasteiger partial charge in [-0.25, -0.2) is 4.39 Å². The number of furan rings is 1. The minimum Gasteiger partial charge on any atom is -0.460 e. The first-order valence-electron chi connectivity index (χ1n) is 6.93. The van der Waals surface area contributed by atoms with Gasteiger partial charge in [-0.3, -0.25) is 4.79 Å². The second-order valence-electron chi connectivity index (χ2n) is 5.06. The number of fused-ring (bicyclic) bond motifs is 1. The predicted octanol–water partition coefficient (Wildman–Crippen LogP) is 4.67. The van der Waals surface area contributed by atoms with Crippen LogP contribution >= 0.6 is 0 Å². The van der Waals surface area contributed by atoms with Crippen molar-refractivity contribution in [1.82, 2.24) is 0 Å². The zero-order valence-electron chi connectivity index (χ0n) is 11.9. The molecule has 0 unspecified atom stereocenters. The largest absolute Gasteiger partial charge is 0.460 e. The van der Waals surface area contributed by atoms with Gasteiger partial charge in [-0.2, -0.15) is 0 Å². The molecule has 1 aromatic heterocycles. The maximum absolute atomic E-state index is 14.0. The molecule has 0 saturated heterocycles. The van der Waals surface area contributed by atoms with Crippen molar-refractivity contribution in [2.45, 2.75) is 20.3 Å². The van der Waals surface area contributed by atoms with Crippen LogP contribution in [0.25, 0.3) is 11.0 Å². The molecule has 3 aromatic rings. The van der Waals surface area contributed by atoms with Crippen LogP contribution in [0.4, 0.5) is 4.39 Å². The summed E-state index contributed by atoms with van der Waals surface area (Å²) in [6, 6.07) is 11.9. The Labute approximate surface area is 122 Å². The van der Waals surface area contributed by atoms with E-state index < -0.39 is 5.82 Å². The van der Waals surface area contributed by atoms with Gasteiger partial charge in [-0.1, -0.05) is 36.8 Å². The second kappa shape index (κ2) is 5.17. The van der Waals surface area contributed by atoms with Crippen molar-refractivity contribution in [3.8, 4) is 0 Å². The molecule has 0 saturated carbocycles. The summed E-state index contributed by atoms with van der Waals surface area (Å²) >= 11 is 0. The molecular formula is C18H15FO2. The van der Waals surface area contributed by atoms with E-state index in [4.69, 9.17) is 4.42 Å². The van der Waals surface area contributed by atoms with E-state index in [2.05, 4.69) is 0 Å². The third-order valence-corrected chi connectivity index (χ3v) is 3.58. The highest BCUT2D eigenvalue weighted by molar-refractivity contribution is 6.17. The summed E-state index contributed by atoms with van der Waals surface area (Å²) in [5.41, 5.74) is 2.07. The van der Waals surface area contributed by atoms with Crippen molar-refractivity contribution >= 4 is 16.8 Å². The Kier molecular flexibility index (Phi) is 3.34. The highest BCUT2D eigenvalue weighted by Gasteiger charge is 2.23. The summed E-state index contributed by atoms with van der Waals surface area (Å²) in [6.07, 6.45) is 0.586. The number of hydrogen-bond donors (Lipinski definition) is 0. The van der Waals surface area contributed by atoms with E-state index in [0.29, 0.717) is 23.3 Å². The Balaban J connectivity index is 2.24. The third kappa shape index (κ3) is 2.25. The maximum atomic E-state index is 14.0. The fourth-order valence-electron chi connectivity index (χ4n) is 2.54. The molecule has 0 aliphatic heterocycles. The average Bonchev–Trinajstić information content (AvgIpc) is 2.87. The normalized spacial score (nSPS) is 11.0. The number of ketones is 1. The molecule has 21 heavy (non-hydrogen) atoms. The first-order valence-corrected chi connectivity index (χ1v) is 6.93. The SMILES string of the molecule is CCc1oc2ccccc2c1C(=O)c1cc(C)ccc1F. The number of aryl methyl sites for hydroxylation is 2. The molecule has 0 amide bonds. The van der Waals surface area contributed by atoms with Crippen LogP contribution < -0.4 is 0 Å². The minimum absolute atomic E-state index is 0.0938. The number of carbonyl (C=O) groups excluding carboxylic acids is 1. The van der Waals surface area contributed by atoms with Gasteiger partial charge in [0.05, 0.1) is 11.1 Å². The summed E-state index contributed by atoms with van der Waals surface area (Å²) in [7, 11) is 0. The fraction of sp³-hybridized carbons (Fsp3) is 0.167. The summed E-state index contributed by atoms with van der Waals surface area (Å²) < 4.78 is 19.7. The van der Waals surface area contributed by atoms with Crippen molar-refractivity contribution in [2.24, 2.45) is 0 Å². The van der Waals surface area contributed by atoms with E-state index in [1.807, 2.05) is 38.1 Å². The lowest BCUT2D eigenvalue weighted by atomic mass is 9.98. The topological polar surface area (TPSA) is 30.2 Å². The predicted molar refractivity (Wildman–Crippen MR) is 80.2 cm³/mol. The average molecular weight is 282 g/mol. The van der Waals surface area contributed by atoms with E-state index >= 15 is 0 Å². The van der Waals surface area contributed by atoms with Gasteiger partial charge in [-0.15, -0.1) is 0 Å². The molecule has 0 spiro atoms. The molecular weight excluding hydrogens is 267 g/mol. The van der Waals surface area contributed by atoms with Crippen LogP contribution in [0.5, 0.6) is 0 Å². The summed E-state index contributed by atoms with van der Waals surface area (Å²) in [5.74, 6) is -0.224.